The monoisotopic (exact) mass is 392 g/mol. The molecule has 4 aromatic heterocycles. The Bertz CT molecular complexity index is 1200. The summed E-state index contributed by atoms with van der Waals surface area (Å²) in [5, 5.41) is 8.36. The van der Waals surface area contributed by atoms with E-state index in [2.05, 4.69) is 27.3 Å². The molecule has 0 saturated carbocycles. The first-order valence-electron chi connectivity index (χ1n) is 9.48. The molecule has 1 amide bonds. The molecule has 8 heteroatoms. The van der Waals surface area contributed by atoms with Crippen LogP contribution in [0.1, 0.15) is 58.3 Å². The summed E-state index contributed by atoms with van der Waals surface area (Å²) in [5.41, 5.74) is 2.87. The highest BCUT2D eigenvalue weighted by Crippen LogP contribution is 2.42. The number of thiophene rings is 1. The summed E-state index contributed by atoms with van der Waals surface area (Å²) in [7, 11) is 0. The first kappa shape index (κ1) is 17.2. The van der Waals surface area contributed by atoms with Crippen molar-refractivity contribution in [2.45, 2.75) is 45.6 Å². The van der Waals surface area contributed by atoms with Gasteiger partial charge in [0.2, 0.25) is 5.82 Å². The second-order valence-electron chi connectivity index (χ2n) is 7.25. The Hall–Kier alpha value is -2.87. The van der Waals surface area contributed by atoms with E-state index in [-0.39, 0.29) is 11.7 Å². The zero-order valence-electron chi connectivity index (χ0n) is 15.8. The van der Waals surface area contributed by atoms with E-state index in [0.717, 1.165) is 33.8 Å². The predicted octanol–water partition coefficient (Wildman–Crippen LogP) is 3.41. The van der Waals surface area contributed by atoms with Crippen molar-refractivity contribution in [3.05, 3.63) is 52.2 Å². The summed E-state index contributed by atoms with van der Waals surface area (Å²) in [5.74, 6) is 1.07. The van der Waals surface area contributed by atoms with Crippen LogP contribution in [0.5, 0.6) is 0 Å². The molecule has 0 fully saturated rings. The molecular formula is C20H20N6OS. The van der Waals surface area contributed by atoms with E-state index in [9.17, 15) is 4.79 Å². The number of hydrogen-bond acceptors (Lipinski definition) is 6. The largest absolute Gasteiger partial charge is 0.344 e. The number of hydrogen-bond donors (Lipinski definition) is 1. The molecule has 0 saturated heterocycles. The number of rotatable bonds is 3. The number of fused-ring (bicyclic) bond motifs is 5. The molecule has 1 atom stereocenters. The number of nitrogens with one attached hydrogen (secondary N) is 1. The highest BCUT2D eigenvalue weighted by atomic mass is 32.1. The number of nitrogens with zero attached hydrogens (tertiary/aromatic N) is 5. The van der Waals surface area contributed by atoms with Crippen molar-refractivity contribution in [2.75, 3.05) is 0 Å². The van der Waals surface area contributed by atoms with Crippen LogP contribution in [0.4, 0.5) is 0 Å². The Labute approximate surface area is 165 Å². The molecule has 1 aliphatic rings. The molecule has 1 N–H and O–H groups in total. The molecule has 0 aliphatic heterocycles. The van der Waals surface area contributed by atoms with Gasteiger partial charge in [0.05, 0.1) is 17.6 Å². The van der Waals surface area contributed by atoms with Gasteiger partial charge in [0, 0.05) is 11.1 Å². The van der Waals surface area contributed by atoms with Crippen molar-refractivity contribution in [1.82, 2.24) is 29.9 Å². The van der Waals surface area contributed by atoms with E-state index in [0.29, 0.717) is 12.5 Å². The third-order valence-corrected chi connectivity index (χ3v) is 6.46. The molecule has 4 heterocycles. The van der Waals surface area contributed by atoms with Crippen LogP contribution in [0, 0.1) is 6.92 Å². The maximum atomic E-state index is 12.6. The molecule has 7 nitrogen and oxygen atoms in total. The van der Waals surface area contributed by atoms with Gasteiger partial charge in [-0.3, -0.25) is 9.78 Å². The lowest BCUT2D eigenvalue weighted by Gasteiger charge is -2.18. The molecule has 28 heavy (non-hydrogen) atoms. The molecule has 0 aromatic carbocycles. The van der Waals surface area contributed by atoms with E-state index in [1.807, 2.05) is 25.1 Å². The standard InChI is InChI=1S/C20H20N6OS/c1-11-6-5-8-14-15(11)16-18-24-17(25-26(18)12(2)23-20(16)28-14)19(27)22-10-13-7-3-4-9-21-13/h3-4,7,9,11H,5-6,8,10H2,1-2H3,(H,22,27). The van der Waals surface area contributed by atoms with Crippen LogP contribution in [-0.2, 0) is 13.0 Å². The first-order chi connectivity index (χ1) is 13.6. The van der Waals surface area contributed by atoms with E-state index >= 15 is 0 Å². The van der Waals surface area contributed by atoms with Gasteiger partial charge in [0.25, 0.3) is 5.91 Å². The van der Waals surface area contributed by atoms with Gasteiger partial charge in [0.1, 0.15) is 10.7 Å². The Morgan fingerprint density at radius 3 is 3.07 bits per heavy atom. The van der Waals surface area contributed by atoms with Crippen molar-refractivity contribution in [3.8, 4) is 0 Å². The highest BCUT2D eigenvalue weighted by molar-refractivity contribution is 7.19. The maximum absolute atomic E-state index is 12.6. The normalized spacial score (nSPS) is 16.4. The molecular weight excluding hydrogens is 372 g/mol. The van der Waals surface area contributed by atoms with E-state index in [1.54, 1.807) is 22.0 Å². The molecule has 4 aromatic rings. The van der Waals surface area contributed by atoms with E-state index < -0.39 is 0 Å². The zero-order valence-corrected chi connectivity index (χ0v) is 16.6. The van der Waals surface area contributed by atoms with Gasteiger partial charge in [-0.05, 0) is 49.8 Å². The number of carbonyl (C=O) groups is 1. The number of aromatic nitrogens is 5. The van der Waals surface area contributed by atoms with Crippen molar-refractivity contribution in [2.24, 2.45) is 0 Å². The van der Waals surface area contributed by atoms with Crippen molar-refractivity contribution >= 4 is 33.1 Å². The lowest BCUT2D eigenvalue weighted by atomic mass is 9.87. The third kappa shape index (κ3) is 2.75. The third-order valence-electron chi connectivity index (χ3n) is 5.30. The lowest BCUT2D eigenvalue weighted by molar-refractivity contribution is 0.0940. The van der Waals surface area contributed by atoms with Gasteiger partial charge >= 0.3 is 0 Å². The number of aryl methyl sites for hydroxylation is 2. The molecule has 142 valence electrons. The SMILES string of the molecule is Cc1nc2sc3c(c2c2nc(C(=O)NCc4ccccn4)nn12)C(C)CCC3. The molecule has 0 spiro atoms. The Morgan fingerprint density at radius 2 is 2.25 bits per heavy atom. The van der Waals surface area contributed by atoms with Crippen LogP contribution < -0.4 is 5.32 Å². The number of carbonyl (C=O) groups excluding carboxylic acids is 1. The summed E-state index contributed by atoms with van der Waals surface area (Å²) < 4.78 is 1.70. The molecule has 1 unspecified atom stereocenters. The lowest BCUT2D eigenvalue weighted by Crippen LogP contribution is -2.24. The quantitative estimate of drug-likeness (QED) is 0.577. The second-order valence-corrected chi connectivity index (χ2v) is 8.33. The van der Waals surface area contributed by atoms with Crippen molar-refractivity contribution in [1.29, 1.82) is 0 Å². The van der Waals surface area contributed by atoms with Gasteiger partial charge in [-0.15, -0.1) is 16.4 Å². The Kier molecular flexibility index (Phi) is 4.08. The van der Waals surface area contributed by atoms with Crippen molar-refractivity contribution in [3.63, 3.8) is 0 Å². The van der Waals surface area contributed by atoms with Gasteiger partial charge in [0.15, 0.2) is 5.65 Å². The van der Waals surface area contributed by atoms with E-state index in [4.69, 9.17) is 4.98 Å². The van der Waals surface area contributed by atoms with Gasteiger partial charge in [-0.2, -0.15) is 4.52 Å². The second kappa shape index (κ2) is 6.63. The van der Waals surface area contributed by atoms with Gasteiger partial charge < -0.3 is 5.32 Å². The minimum Gasteiger partial charge on any atom is -0.344 e. The average molecular weight is 392 g/mol. The fourth-order valence-electron chi connectivity index (χ4n) is 3.93. The van der Waals surface area contributed by atoms with Crippen molar-refractivity contribution < 1.29 is 4.79 Å². The summed E-state index contributed by atoms with van der Waals surface area (Å²) in [6.45, 7) is 4.50. The van der Waals surface area contributed by atoms with Crippen LogP contribution in [0.2, 0.25) is 0 Å². The zero-order chi connectivity index (χ0) is 19.3. The van der Waals surface area contributed by atoms with Gasteiger partial charge in [-0.25, -0.2) is 9.97 Å². The Morgan fingerprint density at radius 1 is 1.36 bits per heavy atom. The van der Waals surface area contributed by atoms with E-state index in [1.165, 1.54) is 23.3 Å². The summed E-state index contributed by atoms with van der Waals surface area (Å²) >= 11 is 1.76. The molecule has 5 rings (SSSR count). The minimum atomic E-state index is -0.306. The van der Waals surface area contributed by atoms with Gasteiger partial charge in [-0.1, -0.05) is 13.0 Å². The first-order valence-corrected chi connectivity index (χ1v) is 10.3. The molecule has 1 aliphatic carbocycles. The van der Waals surface area contributed by atoms with Crippen LogP contribution >= 0.6 is 11.3 Å². The fraction of sp³-hybridized carbons (Fsp3) is 0.350. The summed E-state index contributed by atoms with van der Waals surface area (Å²) in [6.07, 6.45) is 5.18. The van der Waals surface area contributed by atoms with Crippen LogP contribution in [0.15, 0.2) is 24.4 Å². The fourth-order valence-corrected chi connectivity index (χ4v) is 5.31. The highest BCUT2D eigenvalue weighted by Gasteiger charge is 2.26. The summed E-state index contributed by atoms with van der Waals surface area (Å²) in [4.78, 5) is 28.6. The van der Waals surface area contributed by atoms with Crippen LogP contribution in [-0.4, -0.2) is 30.5 Å². The molecule has 0 radical (unpaired) electrons. The Balaban J connectivity index is 1.56. The topological polar surface area (TPSA) is 85.1 Å². The molecule has 0 bridgehead atoms. The average Bonchev–Trinajstić information content (AvgIpc) is 3.29. The van der Waals surface area contributed by atoms with Crippen LogP contribution in [0.25, 0.3) is 15.9 Å². The smallest absolute Gasteiger partial charge is 0.291 e. The number of amides is 1. The minimum absolute atomic E-state index is 0.164. The maximum Gasteiger partial charge on any atom is 0.291 e. The predicted molar refractivity (Wildman–Crippen MR) is 108 cm³/mol. The number of pyridine rings is 1. The summed E-state index contributed by atoms with van der Waals surface area (Å²) in [6, 6.07) is 5.61. The van der Waals surface area contributed by atoms with Crippen LogP contribution in [0.3, 0.4) is 0 Å².